The monoisotopic (exact) mass is 296 g/mol. The second-order valence-corrected chi connectivity index (χ2v) is 5.80. The van der Waals surface area contributed by atoms with Gasteiger partial charge in [0.1, 0.15) is 5.75 Å². The van der Waals surface area contributed by atoms with Gasteiger partial charge in [-0.3, -0.25) is 0 Å². The molecule has 3 rings (SSSR count). The molecule has 2 aliphatic rings. The standard InChI is InChI=1S/C15H18F2N2O2/c1-14(15(16,17)9-21-13(18)19-14)11-3-2-4-12(7-11)20-8-10-5-6-10/h2-4,7,10H,5-6,8-9H2,1H3,(H2,18,19). The number of halogens is 2. The van der Waals surface area contributed by atoms with Crippen molar-refractivity contribution in [3.8, 4) is 5.75 Å². The van der Waals surface area contributed by atoms with E-state index in [0.717, 1.165) is 0 Å². The SMILES string of the molecule is CC1(c2cccc(OCC3CC3)c2)N=C(N)OCC1(F)F. The number of ether oxygens (including phenoxy) is 2. The molecule has 21 heavy (non-hydrogen) atoms. The van der Waals surface area contributed by atoms with Crippen molar-refractivity contribution in [3.05, 3.63) is 29.8 Å². The summed E-state index contributed by atoms with van der Waals surface area (Å²) < 4.78 is 38.8. The van der Waals surface area contributed by atoms with Crippen molar-refractivity contribution < 1.29 is 18.3 Å². The summed E-state index contributed by atoms with van der Waals surface area (Å²) in [6.45, 7) is 1.22. The molecule has 1 aromatic rings. The van der Waals surface area contributed by atoms with E-state index in [-0.39, 0.29) is 6.02 Å². The Balaban J connectivity index is 1.89. The number of benzene rings is 1. The van der Waals surface area contributed by atoms with E-state index in [1.807, 2.05) is 0 Å². The molecule has 1 unspecified atom stereocenters. The van der Waals surface area contributed by atoms with Crippen LogP contribution in [0.1, 0.15) is 25.3 Å². The van der Waals surface area contributed by atoms with Gasteiger partial charge in [0, 0.05) is 0 Å². The number of nitrogens with zero attached hydrogens (tertiary/aromatic N) is 1. The molecule has 1 heterocycles. The zero-order valence-corrected chi connectivity index (χ0v) is 11.8. The quantitative estimate of drug-likeness (QED) is 0.929. The molecule has 0 aromatic heterocycles. The van der Waals surface area contributed by atoms with Crippen molar-refractivity contribution in [3.63, 3.8) is 0 Å². The van der Waals surface area contributed by atoms with Crippen LogP contribution in [-0.2, 0) is 10.3 Å². The van der Waals surface area contributed by atoms with Crippen LogP contribution in [0, 0.1) is 5.92 Å². The highest BCUT2D eigenvalue weighted by Gasteiger charge is 2.55. The van der Waals surface area contributed by atoms with Gasteiger partial charge in [-0.15, -0.1) is 0 Å². The third kappa shape index (κ3) is 2.66. The number of rotatable bonds is 4. The lowest BCUT2D eigenvalue weighted by atomic mass is 9.85. The van der Waals surface area contributed by atoms with E-state index >= 15 is 0 Å². The molecule has 0 spiro atoms. The summed E-state index contributed by atoms with van der Waals surface area (Å²) in [7, 11) is 0. The van der Waals surface area contributed by atoms with E-state index in [4.69, 9.17) is 10.5 Å². The van der Waals surface area contributed by atoms with Crippen LogP contribution >= 0.6 is 0 Å². The van der Waals surface area contributed by atoms with Crippen molar-refractivity contribution in [1.29, 1.82) is 0 Å². The maximum absolute atomic E-state index is 14.2. The van der Waals surface area contributed by atoms with Gasteiger partial charge in [-0.1, -0.05) is 12.1 Å². The van der Waals surface area contributed by atoms with Gasteiger partial charge < -0.3 is 15.2 Å². The van der Waals surface area contributed by atoms with E-state index in [9.17, 15) is 8.78 Å². The van der Waals surface area contributed by atoms with Crippen LogP contribution in [0.15, 0.2) is 29.3 Å². The van der Waals surface area contributed by atoms with Gasteiger partial charge in [-0.05, 0) is 43.4 Å². The third-order valence-corrected chi connectivity index (χ3v) is 4.03. The molecule has 6 heteroatoms. The molecule has 0 bridgehead atoms. The molecule has 114 valence electrons. The van der Waals surface area contributed by atoms with Gasteiger partial charge in [0.2, 0.25) is 0 Å². The molecule has 0 saturated heterocycles. The molecule has 0 radical (unpaired) electrons. The Hall–Kier alpha value is -1.85. The largest absolute Gasteiger partial charge is 0.493 e. The maximum atomic E-state index is 14.2. The predicted octanol–water partition coefficient (Wildman–Crippen LogP) is 2.67. The first-order valence-corrected chi connectivity index (χ1v) is 7.00. The minimum atomic E-state index is -3.13. The molecule has 1 aromatic carbocycles. The van der Waals surface area contributed by atoms with Crippen LogP contribution in [0.4, 0.5) is 8.78 Å². The lowest BCUT2D eigenvalue weighted by molar-refractivity contribution is -0.116. The highest BCUT2D eigenvalue weighted by Crippen LogP contribution is 2.44. The highest BCUT2D eigenvalue weighted by atomic mass is 19.3. The van der Waals surface area contributed by atoms with Crippen LogP contribution < -0.4 is 10.5 Å². The first-order valence-electron chi connectivity index (χ1n) is 7.00. The molecule has 4 nitrogen and oxygen atoms in total. The summed E-state index contributed by atoms with van der Waals surface area (Å²) in [5.74, 6) is -1.95. The Morgan fingerprint density at radius 1 is 1.43 bits per heavy atom. The summed E-state index contributed by atoms with van der Waals surface area (Å²) in [6, 6.07) is 6.46. The van der Waals surface area contributed by atoms with Crippen molar-refractivity contribution in [2.45, 2.75) is 31.2 Å². The van der Waals surface area contributed by atoms with Crippen molar-refractivity contribution in [1.82, 2.24) is 0 Å². The Bertz CT molecular complexity index is 573. The van der Waals surface area contributed by atoms with Crippen LogP contribution in [0.2, 0.25) is 0 Å². The number of alkyl halides is 2. The second-order valence-electron chi connectivity index (χ2n) is 5.80. The average Bonchev–Trinajstić information content (AvgIpc) is 3.26. The number of hydrogen-bond acceptors (Lipinski definition) is 4. The molecule has 1 aliphatic heterocycles. The van der Waals surface area contributed by atoms with Crippen LogP contribution in [0.5, 0.6) is 5.75 Å². The van der Waals surface area contributed by atoms with Crippen molar-refractivity contribution >= 4 is 6.02 Å². The average molecular weight is 296 g/mol. The molecular weight excluding hydrogens is 278 g/mol. The lowest BCUT2D eigenvalue weighted by Gasteiger charge is -2.37. The molecular formula is C15H18F2N2O2. The summed E-state index contributed by atoms with van der Waals surface area (Å²) in [5, 5.41) is 0. The zero-order chi connectivity index (χ0) is 15.1. The Labute approximate surface area is 121 Å². The number of amidine groups is 1. The minimum absolute atomic E-state index is 0.215. The van der Waals surface area contributed by atoms with Gasteiger partial charge in [0.15, 0.2) is 12.1 Å². The Kier molecular flexibility index (Phi) is 3.26. The van der Waals surface area contributed by atoms with Gasteiger partial charge in [-0.2, -0.15) is 8.78 Å². The fourth-order valence-corrected chi connectivity index (χ4v) is 2.30. The summed E-state index contributed by atoms with van der Waals surface area (Å²) in [5.41, 5.74) is 4.10. The second kappa shape index (κ2) is 4.86. The van der Waals surface area contributed by atoms with E-state index in [2.05, 4.69) is 9.73 Å². The van der Waals surface area contributed by atoms with Gasteiger partial charge in [0.05, 0.1) is 6.61 Å². The molecule has 0 amide bonds. The fourth-order valence-electron chi connectivity index (χ4n) is 2.30. The maximum Gasteiger partial charge on any atom is 0.310 e. The highest BCUT2D eigenvalue weighted by molar-refractivity contribution is 5.73. The first kappa shape index (κ1) is 14.1. The van der Waals surface area contributed by atoms with Crippen LogP contribution in [0.3, 0.4) is 0 Å². The van der Waals surface area contributed by atoms with Crippen molar-refractivity contribution in [2.75, 3.05) is 13.2 Å². The van der Waals surface area contributed by atoms with Gasteiger partial charge >= 0.3 is 5.92 Å². The fraction of sp³-hybridized carbons (Fsp3) is 0.533. The van der Waals surface area contributed by atoms with Crippen LogP contribution in [-0.4, -0.2) is 25.2 Å². The van der Waals surface area contributed by atoms with Gasteiger partial charge in [0.25, 0.3) is 6.02 Å². The van der Waals surface area contributed by atoms with E-state index in [0.29, 0.717) is 23.8 Å². The number of hydrogen-bond donors (Lipinski definition) is 1. The smallest absolute Gasteiger partial charge is 0.310 e. The zero-order valence-electron chi connectivity index (χ0n) is 11.8. The first-order chi connectivity index (χ1) is 9.91. The molecule has 1 fully saturated rings. The number of nitrogens with two attached hydrogens (primary N) is 1. The van der Waals surface area contributed by atoms with Gasteiger partial charge in [-0.25, -0.2) is 4.99 Å². The summed E-state index contributed by atoms with van der Waals surface area (Å²) in [6.07, 6.45) is 2.35. The topological polar surface area (TPSA) is 56.8 Å². The molecule has 1 saturated carbocycles. The van der Waals surface area contributed by atoms with E-state index in [1.165, 1.54) is 19.8 Å². The Morgan fingerprint density at radius 2 is 2.19 bits per heavy atom. The van der Waals surface area contributed by atoms with Crippen LogP contribution in [0.25, 0.3) is 0 Å². The number of aliphatic imine (C=N–C) groups is 1. The van der Waals surface area contributed by atoms with Crippen molar-refractivity contribution in [2.24, 2.45) is 16.6 Å². The molecule has 2 N–H and O–H groups in total. The normalized spacial score (nSPS) is 27.7. The summed E-state index contributed by atoms with van der Waals surface area (Å²) >= 11 is 0. The molecule has 1 atom stereocenters. The predicted molar refractivity (Wildman–Crippen MR) is 74.5 cm³/mol. The van der Waals surface area contributed by atoms with E-state index in [1.54, 1.807) is 24.3 Å². The molecule has 1 aliphatic carbocycles. The third-order valence-electron chi connectivity index (χ3n) is 4.03. The van der Waals surface area contributed by atoms with E-state index < -0.39 is 18.1 Å². The minimum Gasteiger partial charge on any atom is -0.493 e. The lowest BCUT2D eigenvalue weighted by Crippen LogP contribution is -2.50. The summed E-state index contributed by atoms with van der Waals surface area (Å²) in [4.78, 5) is 3.85. The Morgan fingerprint density at radius 3 is 2.90 bits per heavy atom.